The fourth-order valence-electron chi connectivity index (χ4n) is 1.73. The average molecular weight is 277 g/mol. The van der Waals surface area contributed by atoms with E-state index in [9.17, 15) is 9.59 Å². The summed E-state index contributed by atoms with van der Waals surface area (Å²) in [5.74, 6) is -0.573. The van der Waals surface area contributed by atoms with Crippen molar-refractivity contribution in [2.75, 3.05) is 5.32 Å². The molecule has 1 unspecified atom stereocenters. The van der Waals surface area contributed by atoms with Crippen molar-refractivity contribution < 1.29 is 9.59 Å². The average Bonchev–Trinajstić information content (AvgIpc) is 2.32. The van der Waals surface area contributed by atoms with Crippen molar-refractivity contribution in [3.8, 4) is 0 Å². The van der Waals surface area contributed by atoms with Crippen LogP contribution in [0.15, 0.2) is 23.2 Å². The van der Waals surface area contributed by atoms with Gasteiger partial charge in [0.05, 0.1) is 6.42 Å². The number of carbonyl (C=O) groups is 2. The molecule has 0 fully saturated rings. The van der Waals surface area contributed by atoms with Crippen molar-refractivity contribution >= 4 is 34.4 Å². The molecule has 2 rings (SSSR count). The van der Waals surface area contributed by atoms with E-state index in [2.05, 4.69) is 10.3 Å². The number of benzene rings is 1. The van der Waals surface area contributed by atoms with Crippen molar-refractivity contribution in [3.63, 3.8) is 0 Å². The minimum absolute atomic E-state index is 0.0854. The second kappa shape index (κ2) is 5.44. The largest absolute Gasteiger partial charge is 0.378 e. The minimum atomic E-state index is -0.508. The summed E-state index contributed by atoms with van der Waals surface area (Å²) in [6, 6.07) is 5.69. The van der Waals surface area contributed by atoms with Crippen LogP contribution in [0.3, 0.4) is 0 Å². The summed E-state index contributed by atoms with van der Waals surface area (Å²) in [4.78, 5) is 26.9. The molecule has 1 heterocycles. The van der Waals surface area contributed by atoms with Gasteiger partial charge in [0.15, 0.2) is 5.17 Å². The molecule has 0 radical (unpaired) electrons. The number of carbonyl (C=O) groups excluding carboxylic acids is 2. The van der Waals surface area contributed by atoms with Gasteiger partial charge in [-0.05, 0) is 37.1 Å². The highest BCUT2D eigenvalue weighted by atomic mass is 32.2. The first-order valence-corrected chi connectivity index (χ1v) is 6.75. The molecule has 100 valence electrons. The molecule has 0 saturated heterocycles. The first-order chi connectivity index (χ1) is 8.95. The number of thioether (sulfide) groups is 1. The Labute approximate surface area is 115 Å². The second-order valence-corrected chi connectivity index (χ2v) is 5.67. The summed E-state index contributed by atoms with van der Waals surface area (Å²) in [7, 11) is 0. The zero-order valence-electron chi connectivity index (χ0n) is 10.8. The molecule has 1 aromatic carbocycles. The minimum Gasteiger partial charge on any atom is -0.378 e. The second-order valence-electron chi connectivity index (χ2n) is 4.44. The van der Waals surface area contributed by atoms with Crippen molar-refractivity contribution in [1.29, 1.82) is 0 Å². The fourth-order valence-corrected chi connectivity index (χ4v) is 2.57. The predicted octanol–water partition coefficient (Wildman–Crippen LogP) is 1.59. The first kappa shape index (κ1) is 13.6. The first-order valence-electron chi connectivity index (χ1n) is 5.87. The maximum absolute atomic E-state index is 12.1. The molecule has 1 aromatic rings. The van der Waals surface area contributed by atoms with Crippen LogP contribution in [0.25, 0.3) is 0 Å². The number of amidine groups is 1. The lowest BCUT2D eigenvalue weighted by Crippen LogP contribution is -2.33. The molecule has 0 spiro atoms. The Morgan fingerprint density at radius 2 is 2.16 bits per heavy atom. The summed E-state index contributed by atoms with van der Waals surface area (Å²) >= 11 is 1.12. The molecule has 5 nitrogen and oxygen atoms in total. The number of aliphatic imine (C=N–C) groups is 1. The Balaban J connectivity index is 2.07. The number of hydrogen-bond donors (Lipinski definition) is 2. The van der Waals surface area contributed by atoms with Crippen LogP contribution >= 0.6 is 11.8 Å². The predicted molar refractivity (Wildman–Crippen MR) is 77.2 cm³/mol. The molecular formula is C13H15N3O2S. The summed E-state index contributed by atoms with van der Waals surface area (Å²) in [6.45, 7) is 3.99. The van der Waals surface area contributed by atoms with Gasteiger partial charge in [-0.3, -0.25) is 9.59 Å². The summed E-state index contributed by atoms with van der Waals surface area (Å²) in [6.07, 6.45) is 0.0854. The van der Waals surface area contributed by atoms with Gasteiger partial charge < -0.3 is 11.1 Å². The van der Waals surface area contributed by atoms with Crippen LogP contribution in [-0.4, -0.2) is 22.2 Å². The van der Waals surface area contributed by atoms with E-state index < -0.39 is 5.25 Å². The maximum Gasteiger partial charge on any atom is 0.249 e. The fraction of sp³-hybridized carbons (Fsp3) is 0.308. The van der Waals surface area contributed by atoms with E-state index in [0.29, 0.717) is 0 Å². The van der Waals surface area contributed by atoms with Crippen LogP contribution in [0.2, 0.25) is 0 Å². The van der Waals surface area contributed by atoms with E-state index in [1.165, 1.54) is 0 Å². The normalized spacial score (nSPS) is 18.9. The third-order valence-electron chi connectivity index (χ3n) is 2.92. The molecule has 3 N–H and O–H groups in total. The lowest BCUT2D eigenvalue weighted by atomic mass is 10.1. The van der Waals surface area contributed by atoms with Crippen LogP contribution < -0.4 is 11.1 Å². The van der Waals surface area contributed by atoms with Gasteiger partial charge in [-0.25, -0.2) is 0 Å². The Morgan fingerprint density at radius 3 is 2.79 bits per heavy atom. The van der Waals surface area contributed by atoms with Crippen molar-refractivity contribution in [1.82, 2.24) is 0 Å². The van der Waals surface area contributed by atoms with E-state index >= 15 is 0 Å². The molecule has 6 heteroatoms. The molecule has 0 aliphatic carbocycles. The van der Waals surface area contributed by atoms with E-state index in [-0.39, 0.29) is 23.4 Å². The van der Waals surface area contributed by atoms with E-state index in [1.807, 2.05) is 32.0 Å². The van der Waals surface area contributed by atoms with E-state index in [4.69, 9.17) is 5.73 Å². The van der Waals surface area contributed by atoms with E-state index in [1.54, 1.807) is 0 Å². The Bertz CT molecular complexity index is 569. The molecule has 0 bridgehead atoms. The smallest absolute Gasteiger partial charge is 0.249 e. The Kier molecular flexibility index (Phi) is 3.90. The van der Waals surface area contributed by atoms with E-state index in [0.717, 1.165) is 28.6 Å². The van der Waals surface area contributed by atoms with Crippen LogP contribution in [-0.2, 0) is 9.59 Å². The zero-order valence-corrected chi connectivity index (χ0v) is 11.6. The highest BCUT2D eigenvalue weighted by Crippen LogP contribution is 2.22. The Hall–Kier alpha value is -1.82. The van der Waals surface area contributed by atoms with Crippen LogP contribution in [0.1, 0.15) is 17.5 Å². The highest BCUT2D eigenvalue weighted by molar-refractivity contribution is 8.15. The molecule has 0 saturated carbocycles. The van der Waals surface area contributed by atoms with Crippen LogP contribution in [0.4, 0.5) is 5.69 Å². The molecule has 1 aliphatic heterocycles. The molecule has 1 aliphatic rings. The van der Waals surface area contributed by atoms with Gasteiger partial charge in [-0.1, -0.05) is 17.8 Å². The monoisotopic (exact) mass is 277 g/mol. The molecular weight excluding hydrogens is 262 g/mol. The summed E-state index contributed by atoms with van der Waals surface area (Å²) < 4.78 is 0. The highest BCUT2D eigenvalue weighted by Gasteiger charge is 2.27. The molecule has 1 atom stereocenters. The number of anilines is 1. The van der Waals surface area contributed by atoms with Gasteiger partial charge in [-0.15, -0.1) is 0 Å². The number of amides is 2. The number of nitrogens with one attached hydrogen (secondary N) is 1. The SMILES string of the molecule is Cc1ccc(NC(=O)C2CC(=O)N=C(N)S2)cc1C. The number of nitrogens with zero attached hydrogens (tertiary/aromatic N) is 1. The Morgan fingerprint density at radius 1 is 1.42 bits per heavy atom. The lowest BCUT2D eigenvalue weighted by molar-refractivity contribution is -0.121. The third-order valence-corrected chi connectivity index (χ3v) is 3.92. The van der Waals surface area contributed by atoms with Gasteiger partial charge in [0.2, 0.25) is 11.8 Å². The van der Waals surface area contributed by atoms with Crippen molar-refractivity contribution in [2.24, 2.45) is 10.7 Å². The number of nitrogens with two attached hydrogens (primary N) is 1. The zero-order chi connectivity index (χ0) is 14.0. The number of aryl methyl sites for hydroxylation is 2. The van der Waals surface area contributed by atoms with Gasteiger partial charge >= 0.3 is 0 Å². The molecule has 2 amide bonds. The van der Waals surface area contributed by atoms with Gasteiger partial charge in [0, 0.05) is 5.69 Å². The standard InChI is InChI=1S/C13H15N3O2S/c1-7-3-4-9(5-8(7)2)15-12(18)10-6-11(17)16-13(14)19-10/h3-5,10H,6H2,1-2H3,(H,15,18)(H2,14,16,17). The number of hydrogen-bond acceptors (Lipinski definition) is 4. The molecule has 19 heavy (non-hydrogen) atoms. The molecule has 0 aromatic heterocycles. The van der Waals surface area contributed by atoms with Gasteiger partial charge in [0.1, 0.15) is 5.25 Å². The lowest BCUT2D eigenvalue weighted by Gasteiger charge is -2.18. The van der Waals surface area contributed by atoms with Crippen molar-refractivity contribution in [3.05, 3.63) is 29.3 Å². The quantitative estimate of drug-likeness (QED) is 0.859. The maximum atomic E-state index is 12.1. The van der Waals surface area contributed by atoms with Crippen LogP contribution in [0.5, 0.6) is 0 Å². The van der Waals surface area contributed by atoms with Gasteiger partial charge in [0.25, 0.3) is 0 Å². The number of rotatable bonds is 2. The van der Waals surface area contributed by atoms with Gasteiger partial charge in [-0.2, -0.15) is 4.99 Å². The topological polar surface area (TPSA) is 84.5 Å². The summed E-state index contributed by atoms with van der Waals surface area (Å²) in [5, 5.41) is 2.44. The third kappa shape index (κ3) is 3.35. The summed E-state index contributed by atoms with van der Waals surface area (Å²) in [5.41, 5.74) is 8.49. The van der Waals surface area contributed by atoms with Crippen LogP contribution in [0, 0.1) is 13.8 Å². The van der Waals surface area contributed by atoms with Crippen molar-refractivity contribution in [2.45, 2.75) is 25.5 Å².